The van der Waals surface area contributed by atoms with E-state index >= 15 is 0 Å². The Labute approximate surface area is 77.9 Å². The van der Waals surface area contributed by atoms with Crippen molar-refractivity contribution in [3.05, 3.63) is 0 Å². The molecule has 0 spiro atoms. The van der Waals surface area contributed by atoms with Crippen LogP contribution >= 0.6 is 7.75 Å². The molecule has 0 amide bonds. The summed E-state index contributed by atoms with van der Waals surface area (Å²) in [6, 6.07) is 0. The normalized spacial score (nSPS) is 27.2. The smallest absolute Gasteiger partial charge is 0.312 e. The quantitative estimate of drug-likeness (QED) is 0.380. The molecule has 2 heterocycles. The van der Waals surface area contributed by atoms with E-state index in [-0.39, 0.29) is 0 Å². The van der Waals surface area contributed by atoms with Crippen molar-refractivity contribution >= 4 is 7.75 Å². The molecule has 0 aromatic heterocycles. The molecule has 0 aliphatic carbocycles. The molecule has 2 rings (SSSR count). The summed E-state index contributed by atoms with van der Waals surface area (Å²) in [4.78, 5) is 11.5. The summed E-state index contributed by atoms with van der Waals surface area (Å²) in [5.74, 6) is 0. The Bertz CT molecular complexity index is 228. The molecule has 2 saturated heterocycles. The molecule has 1 unspecified atom stereocenters. The lowest BCUT2D eigenvalue weighted by Gasteiger charge is -2.11. The highest BCUT2D eigenvalue weighted by atomic mass is 31.2. The van der Waals surface area contributed by atoms with Crippen LogP contribution in [-0.4, -0.2) is 53.8 Å². The van der Waals surface area contributed by atoms with Crippen LogP contribution in [-0.2, 0) is 9.09 Å². The van der Waals surface area contributed by atoms with E-state index in [2.05, 4.69) is 4.90 Å². The average Bonchev–Trinajstić information content (AvgIpc) is 2.85. The molecule has 0 aromatic carbocycles. The van der Waals surface area contributed by atoms with Gasteiger partial charge >= 0.3 is 7.75 Å². The van der Waals surface area contributed by atoms with Gasteiger partial charge in [-0.05, 0) is 6.42 Å². The standard InChI is InChI=1S/C7H15N2O3P/c10-13(11,9-5-6-9)12-7-1-2-8-3-4-8/h1-7H2,(H,10,11). The summed E-state index contributed by atoms with van der Waals surface area (Å²) in [6.45, 7) is 5.10. The third-order valence-corrected chi connectivity index (χ3v) is 3.83. The summed E-state index contributed by atoms with van der Waals surface area (Å²) < 4.78 is 17.7. The Balaban J connectivity index is 1.57. The molecule has 6 heteroatoms. The maximum absolute atomic E-state index is 11.3. The molecule has 1 atom stereocenters. The van der Waals surface area contributed by atoms with Gasteiger partial charge in [-0.3, -0.25) is 4.52 Å². The maximum Gasteiger partial charge on any atom is 0.405 e. The van der Waals surface area contributed by atoms with Crippen molar-refractivity contribution in [3.8, 4) is 0 Å². The van der Waals surface area contributed by atoms with Crippen LogP contribution in [0.4, 0.5) is 0 Å². The van der Waals surface area contributed by atoms with Crippen LogP contribution in [0, 0.1) is 0 Å². The van der Waals surface area contributed by atoms with Gasteiger partial charge in [-0.25, -0.2) is 9.24 Å². The third-order valence-electron chi connectivity index (χ3n) is 2.20. The second-order valence-corrected chi connectivity index (χ2v) is 5.28. The Morgan fingerprint density at radius 2 is 2.00 bits per heavy atom. The molecule has 5 nitrogen and oxygen atoms in total. The van der Waals surface area contributed by atoms with Gasteiger partial charge in [-0.1, -0.05) is 0 Å². The van der Waals surface area contributed by atoms with Crippen LogP contribution < -0.4 is 0 Å². The Morgan fingerprint density at radius 3 is 2.54 bits per heavy atom. The van der Waals surface area contributed by atoms with E-state index in [1.807, 2.05) is 0 Å². The zero-order valence-corrected chi connectivity index (χ0v) is 8.45. The highest BCUT2D eigenvalue weighted by Gasteiger charge is 2.37. The zero-order chi connectivity index (χ0) is 9.31. The number of hydrogen-bond acceptors (Lipinski definition) is 3. The molecule has 0 radical (unpaired) electrons. The van der Waals surface area contributed by atoms with Gasteiger partial charge < -0.3 is 9.79 Å². The summed E-state index contributed by atoms with van der Waals surface area (Å²) in [7, 11) is -3.38. The minimum atomic E-state index is -3.38. The van der Waals surface area contributed by atoms with Gasteiger partial charge in [-0.15, -0.1) is 0 Å². The molecular weight excluding hydrogens is 191 g/mol. The minimum absolute atomic E-state index is 0.390. The highest BCUT2D eigenvalue weighted by Crippen LogP contribution is 2.50. The van der Waals surface area contributed by atoms with Crippen molar-refractivity contribution in [2.24, 2.45) is 0 Å². The van der Waals surface area contributed by atoms with E-state index in [1.165, 1.54) is 17.8 Å². The number of hydrogen-bond donors (Lipinski definition) is 1. The van der Waals surface area contributed by atoms with Crippen LogP contribution in [0.5, 0.6) is 0 Å². The average molecular weight is 206 g/mol. The first-order valence-corrected chi connectivity index (χ1v) is 6.17. The first-order valence-electron chi connectivity index (χ1n) is 4.63. The van der Waals surface area contributed by atoms with Gasteiger partial charge in [0.25, 0.3) is 0 Å². The SMILES string of the molecule is O=P(O)(OCCCN1CC1)N1CC1. The lowest BCUT2D eigenvalue weighted by Crippen LogP contribution is -2.05. The predicted molar refractivity (Wildman–Crippen MR) is 48.4 cm³/mol. The summed E-state index contributed by atoms with van der Waals surface area (Å²) in [6.07, 6.45) is 0.846. The van der Waals surface area contributed by atoms with Crippen molar-refractivity contribution in [3.63, 3.8) is 0 Å². The van der Waals surface area contributed by atoms with E-state index in [9.17, 15) is 9.46 Å². The molecule has 2 aliphatic rings. The topological polar surface area (TPSA) is 52.5 Å². The predicted octanol–water partition coefficient (Wildman–Crippen LogP) is 0.125. The van der Waals surface area contributed by atoms with Crippen molar-refractivity contribution in [1.82, 2.24) is 9.57 Å². The van der Waals surface area contributed by atoms with Gasteiger partial charge in [0.2, 0.25) is 0 Å². The monoisotopic (exact) mass is 206 g/mol. The van der Waals surface area contributed by atoms with Gasteiger partial charge in [-0.2, -0.15) is 0 Å². The summed E-state index contributed by atoms with van der Waals surface area (Å²) in [5.41, 5.74) is 0. The number of rotatable bonds is 6. The van der Waals surface area contributed by atoms with Gasteiger partial charge in [0, 0.05) is 32.7 Å². The first-order chi connectivity index (χ1) is 6.18. The second-order valence-electron chi connectivity index (χ2n) is 3.47. The second kappa shape index (κ2) is 3.67. The molecule has 13 heavy (non-hydrogen) atoms. The Morgan fingerprint density at radius 1 is 1.31 bits per heavy atom. The third kappa shape index (κ3) is 3.04. The van der Waals surface area contributed by atoms with Crippen LogP contribution in [0.15, 0.2) is 0 Å². The molecule has 76 valence electrons. The molecule has 2 aliphatic heterocycles. The van der Waals surface area contributed by atoms with Crippen LogP contribution in [0.3, 0.4) is 0 Å². The van der Waals surface area contributed by atoms with E-state index in [0.29, 0.717) is 19.7 Å². The van der Waals surface area contributed by atoms with Gasteiger partial charge in [0.05, 0.1) is 6.61 Å². The maximum atomic E-state index is 11.3. The molecule has 2 fully saturated rings. The fourth-order valence-corrected chi connectivity index (χ4v) is 2.27. The van der Waals surface area contributed by atoms with Crippen molar-refractivity contribution in [2.75, 3.05) is 39.3 Å². The summed E-state index contributed by atoms with van der Waals surface area (Å²) in [5, 5.41) is 0. The van der Waals surface area contributed by atoms with E-state index in [1.54, 1.807) is 0 Å². The Kier molecular flexibility index (Phi) is 2.72. The molecule has 0 bridgehead atoms. The lowest BCUT2D eigenvalue weighted by molar-refractivity contribution is 0.228. The van der Waals surface area contributed by atoms with Crippen molar-refractivity contribution in [1.29, 1.82) is 0 Å². The molecule has 0 aromatic rings. The van der Waals surface area contributed by atoms with Crippen molar-refractivity contribution in [2.45, 2.75) is 6.42 Å². The minimum Gasteiger partial charge on any atom is -0.312 e. The fourth-order valence-electron chi connectivity index (χ4n) is 1.15. The van der Waals surface area contributed by atoms with Crippen LogP contribution in [0.2, 0.25) is 0 Å². The lowest BCUT2D eigenvalue weighted by atomic mass is 10.5. The fraction of sp³-hybridized carbons (Fsp3) is 1.00. The summed E-state index contributed by atoms with van der Waals surface area (Å²) >= 11 is 0. The van der Waals surface area contributed by atoms with Crippen LogP contribution in [0.1, 0.15) is 6.42 Å². The van der Waals surface area contributed by atoms with E-state index in [4.69, 9.17) is 4.52 Å². The number of nitrogens with zero attached hydrogens (tertiary/aromatic N) is 2. The van der Waals surface area contributed by atoms with E-state index in [0.717, 1.165) is 13.0 Å². The first kappa shape index (κ1) is 9.62. The largest absolute Gasteiger partial charge is 0.405 e. The van der Waals surface area contributed by atoms with Crippen molar-refractivity contribution < 1.29 is 14.0 Å². The highest BCUT2D eigenvalue weighted by molar-refractivity contribution is 7.50. The van der Waals surface area contributed by atoms with E-state index < -0.39 is 7.75 Å². The van der Waals surface area contributed by atoms with Gasteiger partial charge in [0.15, 0.2) is 0 Å². The molecule has 1 N–H and O–H groups in total. The zero-order valence-electron chi connectivity index (χ0n) is 7.56. The van der Waals surface area contributed by atoms with Gasteiger partial charge in [0.1, 0.15) is 0 Å². The molecule has 0 saturated carbocycles. The molecular formula is C7H15N2O3P. The van der Waals surface area contributed by atoms with Crippen LogP contribution in [0.25, 0.3) is 0 Å². The Hall–Kier alpha value is 0.0700.